The van der Waals surface area contributed by atoms with Crippen LogP contribution in [0.25, 0.3) is 0 Å². The number of nitrogens with zero attached hydrogens (tertiary/aromatic N) is 2. The van der Waals surface area contributed by atoms with Crippen LogP contribution in [0.1, 0.15) is 20.8 Å². The van der Waals surface area contributed by atoms with Crippen LogP contribution in [-0.2, 0) is 28.6 Å². The van der Waals surface area contributed by atoms with Gasteiger partial charge in [0, 0.05) is 25.4 Å². The second kappa shape index (κ2) is 9.68. The van der Waals surface area contributed by atoms with Gasteiger partial charge in [-0.3, -0.25) is 14.5 Å². The molecule has 0 aromatic carbocycles. The smallest absolute Gasteiger partial charge is 0.409 e. The fraction of sp³-hybridized carbons (Fsp3) is 0.647. The number of nitrogens with two attached hydrogens (primary N) is 1. The van der Waals surface area contributed by atoms with E-state index in [1.165, 1.54) is 35.7 Å². The summed E-state index contributed by atoms with van der Waals surface area (Å²) in [6.45, 7) is 4.23. The fourth-order valence-corrected chi connectivity index (χ4v) is 3.65. The molecule has 29 heavy (non-hydrogen) atoms. The van der Waals surface area contributed by atoms with E-state index < -0.39 is 42.2 Å². The lowest BCUT2D eigenvalue weighted by Crippen LogP contribution is -2.68. The van der Waals surface area contributed by atoms with Crippen molar-refractivity contribution in [2.45, 2.75) is 32.2 Å². The Bertz CT molecular complexity index is 720. The van der Waals surface area contributed by atoms with Crippen LogP contribution in [0, 0.1) is 5.41 Å². The number of carbonyl (C=O) groups excluding carboxylic acids is 4. The first kappa shape index (κ1) is 25.1. The Kier molecular flexibility index (Phi) is 8.36. The molecule has 0 aromatic heterocycles. The highest BCUT2D eigenvalue weighted by molar-refractivity contribution is 8.00. The number of carbonyl (C=O) groups is 4. The van der Waals surface area contributed by atoms with Gasteiger partial charge in [0.05, 0.1) is 5.41 Å². The lowest BCUT2D eigenvalue weighted by Gasteiger charge is -2.48. The minimum Gasteiger partial charge on any atom is -0.445 e. The normalized spacial score (nSPS) is 20.8. The van der Waals surface area contributed by atoms with Crippen molar-refractivity contribution in [3.63, 3.8) is 0 Å². The van der Waals surface area contributed by atoms with E-state index in [1.54, 1.807) is 20.8 Å². The zero-order valence-electron chi connectivity index (χ0n) is 16.9. The zero-order valence-corrected chi connectivity index (χ0v) is 18.6. The largest absolute Gasteiger partial charge is 0.445 e. The van der Waals surface area contributed by atoms with Gasteiger partial charge < -0.3 is 24.8 Å². The summed E-state index contributed by atoms with van der Waals surface area (Å²) in [7, 11) is 3.05. The van der Waals surface area contributed by atoms with Gasteiger partial charge in [0.15, 0.2) is 0 Å². The van der Waals surface area contributed by atoms with Gasteiger partial charge in [-0.2, -0.15) is 0 Å². The van der Waals surface area contributed by atoms with Crippen molar-refractivity contribution in [2.24, 2.45) is 11.1 Å². The molecule has 10 nitrogen and oxygen atoms in total. The Balaban J connectivity index is 0.00000420. The van der Waals surface area contributed by atoms with Crippen LogP contribution in [0.5, 0.6) is 0 Å². The average Bonchev–Trinajstić information content (AvgIpc) is 2.63. The molecule has 1 fully saturated rings. The summed E-state index contributed by atoms with van der Waals surface area (Å²) in [6, 6.07) is -0.711. The SMILES string of the molecule is CN(C)C(=O)OCC1=C(C(=O)OCOC(=O)C(C)(C)C)N2C(=O)C(N)[C@H]2SC1.Cl. The Morgan fingerprint density at radius 1 is 1.21 bits per heavy atom. The number of ether oxygens (including phenoxy) is 3. The third-order valence-electron chi connectivity index (χ3n) is 4.01. The maximum atomic E-state index is 12.6. The van der Waals surface area contributed by atoms with E-state index in [1.807, 2.05) is 0 Å². The molecule has 1 saturated heterocycles. The molecule has 0 bridgehead atoms. The predicted octanol–water partition coefficient (Wildman–Crippen LogP) is 0.693. The van der Waals surface area contributed by atoms with Crippen molar-refractivity contribution in [3.05, 3.63) is 11.3 Å². The Labute approximate surface area is 179 Å². The third kappa shape index (κ3) is 5.55. The highest BCUT2D eigenvalue weighted by atomic mass is 35.5. The van der Waals surface area contributed by atoms with Crippen LogP contribution < -0.4 is 5.73 Å². The van der Waals surface area contributed by atoms with Gasteiger partial charge in [-0.15, -0.1) is 24.2 Å². The van der Waals surface area contributed by atoms with Crippen molar-refractivity contribution >= 4 is 48.1 Å². The maximum Gasteiger partial charge on any atom is 0.409 e. The summed E-state index contributed by atoms with van der Waals surface area (Å²) >= 11 is 1.37. The standard InChI is InChI=1S/C17H25N3O7S.ClH/c1-17(2,3)15(23)27-8-26-14(22)11-9(6-25-16(24)19(4)5)7-28-13-10(18)12(21)20(11)13;/h10,13H,6-8,18H2,1-5H3;1H/t10?,13-;/m1./s1. The molecule has 2 aliphatic rings. The Morgan fingerprint density at radius 3 is 2.38 bits per heavy atom. The molecule has 2 amide bonds. The summed E-state index contributed by atoms with van der Waals surface area (Å²) in [5.41, 5.74) is 5.44. The molecule has 164 valence electrons. The van der Waals surface area contributed by atoms with Gasteiger partial charge in [0.25, 0.3) is 0 Å². The molecule has 0 spiro atoms. The van der Waals surface area contributed by atoms with E-state index in [9.17, 15) is 19.2 Å². The molecular weight excluding hydrogens is 426 g/mol. The lowest BCUT2D eigenvalue weighted by molar-refractivity contribution is -0.173. The monoisotopic (exact) mass is 451 g/mol. The quantitative estimate of drug-likeness (QED) is 0.364. The average molecular weight is 452 g/mol. The molecule has 0 aromatic rings. The number of fused-ring (bicyclic) bond motifs is 1. The topological polar surface area (TPSA) is 128 Å². The number of amides is 2. The summed E-state index contributed by atoms with van der Waals surface area (Å²) in [5, 5.41) is -0.388. The summed E-state index contributed by atoms with van der Waals surface area (Å²) < 4.78 is 15.1. The third-order valence-corrected chi connectivity index (χ3v) is 5.37. The van der Waals surface area contributed by atoms with Crippen LogP contribution in [0.3, 0.4) is 0 Å². The van der Waals surface area contributed by atoms with E-state index in [4.69, 9.17) is 19.9 Å². The molecule has 2 heterocycles. The first-order valence-electron chi connectivity index (χ1n) is 8.56. The zero-order chi connectivity index (χ0) is 21.2. The van der Waals surface area contributed by atoms with Gasteiger partial charge in [-0.05, 0) is 20.8 Å². The van der Waals surface area contributed by atoms with Crippen LogP contribution in [-0.4, -0.2) is 78.4 Å². The lowest BCUT2D eigenvalue weighted by atomic mass is 9.98. The predicted molar refractivity (Wildman–Crippen MR) is 107 cm³/mol. The molecule has 0 aliphatic carbocycles. The van der Waals surface area contributed by atoms with Gasteiger partial charge in [0.2, 0.25) is 12.7 Å². The van der Waals surface area contributed by atoms with Gasteiger partial charge in [-0.1, -0.05) is 0 Å². The minimum absolute atomic E-state index is 0. The van der Waals surface area contributed by atoms with Crippen LogP contribution >= 0.6 is 24.2 Å². The molecular formula is C17H26ClN3O7S. The fourth-order valence-electron chi connectivity index (χ4n) is 2.38. The Morgan fingerprint density at radius 2 is 1.83 bits per heavy atom. The maximum absolute atomic E-state index is 12.6. The van der Waals surface area contributed by atoms with E-state index in [0.29, 0.717) is 11.3 Å². The Hall–Kier alpha value is -1.98. The second-order valence-electron chi connectivity index (χ2n) is 7.57. The molecule has 2 N–H and O–H groups in total. The van der Waals surface area contributed by atoms with Crippen molar-refractivity contribution in [1.82, 2.24) is 9.80 Å². The highest BCUT2D eigenvalue weighted by Gasteiger charge is 2.52. The molecule has 0 radical (unpaired) electrons. The first-order valence-corrected chi connectivity index (χ1v) is 9.60. The number of thioether (sulfide) groups is 1. The van der Waals surface area contributed by atoms with Crippen LogP contribution in [0.15, 0.2) is 11.3 Å². The molecule has 1 unspecified atom stereocenters. The van der Waals surface area contributed by atoms with Gasteiger partial charge >= 0.3 is 18.0 Å². The number of esters is 2. The van der Waals surface area contributed by atoms with Gasteiger partial charge in [0.1, 0.15) is 23.7 Å². The van der Waals surface area contributed by atoms with Crippen LogP contribution in [0.2, 0.25) is 0 Å². The van der Waals surface area contributed by atoms with Crippen molar-refractivity contribution in [3.8, 4) is 0 Å². The van der Waals surface area contributed by atoms with E-state index >= 15 is 0 Å². The number of rotatable bonds is 5. The second-order valence-corrected chi connectivity index (χ2v) is 8.67. The summed E-state index contributed by atoms with van der Waals surface area (Å²) in [4.78, 5) is 50.7. The van der Waals surface area contributed by atoms with E-state index in [-0.39, 0.29) is 30.1 Å². The molecule has 12 heteroatoms. The van der Waals surface area contributed by atoms with Crippen LogP contribution in [0.4, 0.5) is 4.79 Å². The number of β-lactam (4-membered cyclic amide) rings is 1. The van der Waals surface area contributed by atoms with Gasteiger partial charge in [-0.25, -0.2) is 9.59 Å². The van der Waals surface area contributed by atoms with E-state index in [2.05, 4.69) is 0 Å². The highest BCUT2D eigenvalue weighted by Crippen LogP contribution is 2.39. The number of hydrogen-bond donors (Lipinski definition) is 1. The molecule has 2 atom stereocenters. The molecule has 0 saturated carbocycles. The minimum atomic E-state index is -0.844. The van der Waals surface area contributed by atoms with Crippen molar-refractivity contribution in [1.29, 1.82) is 0 Å². The first-order chi connectivity index (χ1) is 12.9. The number of halogens is 1. The molecule has 2 rings (SSSR count). The van der Waals surface area contributed by atoms with E-state index in [0.717, 1.165) is 0 Å². The summed E-state index contributed by atoms with van der Waals surface area (Å²) in [6.07, 6.45) is -0.585. The van der Waals surface area contributed by atoms with Crippen molar-refractivity contribution in [2.75, 3.05) is 33.2 Å². The number of hydrogen-bond acceptors (Lipinski definition) is 9. The van der Waals surface area contributed by atoms with Crippen molar-refractivity contribution < 1.29 is 33.4 Å². The molecule has 2 aliphatic heterocycles. The summed E-state index contributed by atoms with van der Waals surface area (Å²) in [5.74, 6) is -1.46.